The number of rotatable bonds is 1. The zero-order chi connectivity index (χ0) is 11.8. The molecule has 0 aromatic carbocycles. The summed E-state index contributed by atoms with van der Waals surface area (Å²) in [6.45, 7) is 7.01. The van der Waals surface area contributed by atoms with E-state index < -0.39 is 23.5 Å². The van der Waals surface area contributed by atoms with E-state index in [0.717, 1.165) is 0 Å². The molecular formula is C10H17NO4. The Labute approximate surface area is 89.0 Å². The third-order valence-corrected chi connectivity index (χ3v) is 2.41. The van der Waals surface area contributed by atoms with Gasteiger partial charge in [0.2, 0.25) is 5.91 Å². The first-order valence-electron chi connectivity index (χ1n) is 4.90. The van der Waals surface area contributed by atoms with Crippen molar-refractivity contribution >= 4 is 11.9 Å². The highest BCUT2D eigenvalue weighted by Crippen LogP contribution is 2.25. The summed E-state index contributed by atoms with van der Waals surface area (Å²) < 4.78 is 5.18. The van der Waals surface area contributed by atoms with Crippen LogP contribution in [0.3, 0.4) is 0 Å². The average molecular weight is 215 g/mol. The molecule has 0 radical (unpaired) electrons. The molecule has 1 amide bonds. The van der Waals surface area contributed by atoms with Crippen LogP contribution in [0.2, 0.25) is 0 Å². The zero-order valence-electron chi connectivity index (χ0n) is 9.48. The minimum Gasteiger partial charge on any atom is -0.480 e. The van der Waals surface area contributed by atoms with Gasteiger partial charge in [-0.25, -0.2) is 4.79 Å². The van der Waals surface area contributed by atoms with Crippen molar-refractivity contribution in [2.45, 2.75) is 39.8 Å². The first-order valence-corrected chi connectivity index (χ1v) is 4.90. The van der Waals surface area contributed by atoms with E-state index in [2.05, 4.69) is 0 Å². The van der Waals surface area contributed by atoms with Crippen LogP contribution in [0.1, 0.15) is 27.7 Å². The second kappa shape index (κ2) is 3.81. The number of nitrogens with zero attached hydrogens (tertiary/aromatic N) is 1. The van der Waals surface area contributed by atoms with E-state index in [0.29, 0.717) is 0 Å². The van der Waals surface area contributed by atoms with Crippen LogP contribution in [0.25, 0.3) is 0 Å². The van der Waals surface area contributed by atoms with E-state index in [4.69, 9.17) is 9.84 Å². The highest BCUT2D eigenvalue weighted by Gasteiger charge is 2.43. The lowest BCUT2D eigenvalue weighted by Gasteiger charge is -2.27. The molecular weight excluding hydrogens is 198 g/mol. The highest BCUT2D eigenvalue weighted by atomic mass is 16.5. The van der Waals surface area contributed by atoms with Gasteiger partial charge in [0.1, 0.15) is 6.73 Å². The first-order chi connectivity index (χ1) is 6.75. The predicted octanol–water partition coefficient (Wildman–Crippen LogP) is 0.691. The quantitative estimate of drug-likeness (QED) is 0.698. The van der Waals surface area contributed by atoms with Crippen molar-refractivity contribution in [2.75, 3.05) is 6.73 Å². The standard InChI is InChI=1S/C10H17NO4/c1-6-7(8(12)13)11(5-15-6)9(14)10(2,3)4/h6-7H,5H2,1-4H3,(H,12,13)/t6-,7+/m1/s1. The van der Waals surface area contributed by atoms with E-state index in [1.54, 1.807) is 27.7 Å². The van der Waals surface area contributed by atoms with Gasteiger partial charge in [-0.2, -0.15) is 0 Å². The van der Waals surface area contributed by atoms with Gasteiger partial charge >= 0.3 is 5.97 Å². The van der Waals surface area contributed by atoms with E-state index in [-0.39, 0.29) is 12.6 Å². The molecule has 5 heteroatoms. The summed E-state index contributed by atoms with van der Waals surface area (Å²) in [7, 11) is 0. The molecule has 1 aliphatic heterocycles. The molecule has 15 heavy (non-hydrogen) atoms. The van der Waals surface area contributed by atoms with Gasteiger partial charge < -0.3 is 14.7 Å². The highest BCUT2D eigenvalue weighted by molar-refractivity contribution is 5.87. The van der Waals surface area contributed by atoms with Crippen molar-refractivity contribution in [3.8, 4) is 0 Å². The van der Waals surface area contributed by atoms with Crippen molar-refractivity contribution in [3.05, 3.63) is 0 Å². The molecule has 0 aliphatic carbocycles. The number of carboxylic acids is 1. The lowest BCUT2D eigenvalue weighted by Crippen LogP contribution is -2.48. The van der Waals surface area contributed by atoms with Gasteiger partial charge in [0.05, 0.1) is 6.10 Å². The normalized spacial score (nSPS) is 26.8. The summed E-state index contributed by atoms with van der Waals surface area (Å²) in [5, 5.41) is 8.99. The van der Waals surface area contributed by atoms with E-state index >= 15 is 0 Å². The maximum absolute atomic E-state index is 11.9. The van der Waals surface area contributed by atoms with Crippen LogP contribution in [0, 0.1) is 5.41 Å². The second-order valence-electron chi connectivity index (χ2n) is 4.81. The molecule has 0 saturated carbocycles. The van der Waals surface area contributed by atoms with Crippen LogP contribution in [-0.2, 0) is 14.3 Å². The molecule has 5 nitrogen and oxygen atoms in total. The molecule has 1 aliphatic rings. The molecule has 0 aromatic heterocycles. The predicted molar refractivity (Wildman–Crippen MR) is 53.1 cm³/mol. The number of hydrogen-bond donors (Lipinski definition) is 1. The number of ether oxygens (including phenoxy) is 1. The summed E-state index contributed by atoms with van der Waals surface area (Å²) >= 11 is 0. The Morgan fingerprint density at radius 1 is 1.40 bits per heavy atom. The molecule has 0 bridgehead atoms. The molecule has 2 atom stereocenters. The van der Waals surface area contributed by atoms with E-state index in [1.807, 2.05) is 0 Å². The lowest BCUT2D eigenvalue weighted by molar-refractivity contribution is -0.152. The summed E-state index contributed by atoms with van der Waals surface area (Å²) in [6, 6.07) is -0.864. The monoisotopic (exact) mass is 215 g/mol. The largest absolute Gasteiger partial charge is 0.480 e. The van der Waals surface area contributed by atoms with Crippen molar-refractivity contribution in [1.29, 1.82) is 0 Å². The number of carbonyl (C=O) groups is 2. The third kappa shape index (κ3) is 2.28. The summed E-state index contributed by atoms with van der Waals surface area (Å²) in [6.07, 6.45) is -0.450. The third-order valence-electron chi connectivity index (χ3n) is 2.41. The second-order valence-corrected chi connectivity index (χ2v) is 4.81. The van der Waals surface area contributed by atoms with Crippen LogP contribution < -0.4 is 0 Å². The number of aliphatic carboxylic acids is 1. The van der Waals surface area contributed by atoms with Gasteiger partial charge in [-0.3, -0.25) is 4.79 Å². The summed E-state index contributed by atoms with van der Waals surface area (Å²) in [5.74, 6) is -1.21. The van der Waals surface area contributed by atoms with Crippen LogP contribution in [0.5, 0.6) is 0 Å². The SMILES string of the molecule is C[C@H]1OCN(C(=O)C(C)(C)C)[C@@H]1C(=O)O. The molecule has 0 unspecified atom stereocenters. The fraction of sp³-hybridized carbons (Fsp3) is 0.800. The Hall–Kier alpha value is -1.10. The maximum Gasteiger partial charge on any atom is 0.329 e. The number of carboxylic acid groups (broad SMARTS) is 1. The molecule has 1 fully saturated rings. The smallest absolute Gasteiger partial charge is 0.329 e. The minimum absolute atomic E-state index is 0.0637. The summed E-state index contributed by atoms with van der Waals surface area (Å²) in [5.41, 5.74) is -0.582. The zero-order valence-corrected chi connectivity index (χ0v) is 9.48. The van der Waals surface area contributed by atoms with Crippen molar-refractivity contribution in [2.24, 2.45) is 5.41 Å². The van der Waals surface area contributed by atoms with Crippen LogP contribution >= 0.6 is 0 Å². The van der Waals surface area contributed by atoms with Crippen LogP contribution in [0.4, 0.5) is 0 Å². The van der Waals surface area contributed by atoms with E-state index in [9.17, 15) is 9.59 Å². The Morgan fingerprint density at radius 3 is 2.33 bits per heavy atom. The van der Waals surface area contributed by atoms with Crippen LogP contribution in [-0.4, -0.2) is 40.8 Å². The maximum atomic E-state index is 11.9. The molecule has 0 aromatic rings. The Balaban J connectivity index is 2.87. The minimum atomic E-state index is -1.02. The van der Waals surface area contributed by atoms with Gasteiger partial charge in [-0.15, -0.1) is 0 Å². The van der Waals surface area contributed by atoms with Gasteiger partial charge in [0, 0.05) is 5.41 Å². The lowest BCUT2D eigenvalue weighted by atomic mass is 9.94. The Kier molecular flexibility index (Phi) is 3.04. The number of amides is 1. The Morgan fingerprint density at radius 2 is 1.93 bits per heavy atom. The van der Waals surface area contributed by atoms with Gasteiger partial charge in [-0.05, 0) is 6.92 Å². The Bertz CT molecular complexity index is 282. The summed E-state index contributed by atoms with van der Waals surface area (Å²) in [4.78, 5) is 24.2. The van der Waals surface area contributed by atoms with Crippen LogP contribution in [0.15, 0.2) is 0 Å². The fourth-order valence-electron chi connectivity index (χ4n) is 1.57. The molecule has 86 valence electrons. The number of carbonyl (C=O) groups excluding carboxylic acids is 1. The molecule has 1 heterocycles. The van der Waals surface area contributed by atoms with Gasteiger partial charge in [-0.1, -0.05) is 20.8 Å². The molecule has 1 rings (SSSR count). The van der Waals surface area contributed by atoms with Gasteiger partial charge in [0.15, 0.2) is 6.04 Å². The molecule has 1 N–H and O–H groups in total. The topological polar surface area (TPSA) is 66.8 Å². The number of hydrogen-bond acceptors (Lipinski definition) is 3. The average Bonchev–Trinajstić information content (AvgIpc) is 2.43. The van der Waals surface area contributed by atoms with Gasteiger partial charge in [0.25, 0.3) is 0 Å². The van der Waals surface area contributed by atoms with Crippen molar-refractivity contribution in [3.63, 3.8) is 0 Å². The molecule has 1 saturated heterocycles. The van der Waals surface area contributed by atoms with E-state index in [1.165, 1.54) is 4.90 Å². The molecule has 0 spiro atoms. The fourth-order valence-corrected chi connectivity index (χ4v) is 1.57. The van der Waals surface area contributed by atoms with Crippen molar-refractivity contribution in [1.82, 2.24) is 4.90 Å². The van der Waals surface area contributed by atoms with Crippen molar-refractivity contribution < 1.29 is 19.4 Å². The first kappa shape index (κ1) is 12.0.